The summed E-state index contributed by atoms with van der Waals surface area (Å²) in [6.45, 7) is 2.80. The zero-order valence-corrected chi connectivity index (χ0v) is 13.2. The molecule has 1 aromatic heterocycles. The van der Waals surface area contributed by atoms with E-state index in [1.54, 1.807) is 0 Å². The number of halogens is 1. The second-order valence-electron chi connectivity index (χ2n) is 6.30. The molecule has 2 aliphatic heterocycles. The lowest BCUT2D eigenvalue weighted by atomic mass is 9.86. The molecule has 0 aliphatic carbocycles. The summed E-state index contributed by atoms with van der Waals surface area (Å²) in [5.74, 6) is 0.943. The molecule has 4 rings (SSSR count). The van der Waals surface area contributed by atoms with Gasteiger partial charge in [-0.3, -0.25) is 4.79 Å². The van der Waals surface area contributed by atoms with Crippen LogP contribution in [0.3, 0.4) is 0 Å². The molecule has 2 atom stereocenters. The minimum absolute atomic E-state index is 0.0246. The van der Waals surface area contributed by atoms with Crippen LogP contribution in [0.15, 0.2) is 30.5 Å². The summed E-state index contributed by atoms with van der Waals surface area (Å²) in [6, 6.07) is 7.95. The van der Waals surface area contributed by atoms with Crippen LogP contribution in [0.5, 0.6) is 0 Å². The topological polar surface area (TPSA) is 48.1 Å². The number of nitrogens with one attached hydrogen (secondary N) is 2. The van der Waals surface area contributed by atoms with Crippen LogP contribution in [0.25, 0.3) is 11.3 Å². The fraction of sp³-hybridized carbons (Fsp3) is 0.353. The second kappa shape index (κ2) is 5.14. The maximum atomic E-state index is 12.5. The van der Waals surface area contributed by atoms with Crippen molar-refractivity contribution in [2.24, 2.45) is 5.92 Å². The van der Waals surface area contributed by atoms with Crippen molar-refractivity contribution in [3.05, 3.63) is 46.6 Å². The number of fused-ring (bicyclic) bond motifs is 3. The highest BCUT2D eigenvalue weighted by Crippen LogP contribution is 2.37. The Labute approximate surface area is 134 Å². The number of hydrogen-bond acceptors (Lipinski definition) is 2. The number of likely N-dealkylation sites (N-methyl/N-ethyl adjacent to an activating group) is 1. The number of benzene rings is 1. The molecule has 2 aliphatic rings. The number of hydrogen-bond donors (Lipinski definition) is 2. The van der Waals surface area contributed by atoms with Gasteiger partial charge >= 0.3 is 0 Å². The molecule has 2 aromatic rings. The molecule has 1 amide bonds. The van der Waals surface area contributed by atoms with Crippen molar-refractivity contribution in [1.82, 2.24) is 15.2 Å². The molecule has 1 fully saturated rings. The van der Waals surface area contributed by atoms with Crippen molar-refractivity contribution in [3.8, 4) is 11.3 Å². The Morgan fingerprint density at radius 1 is 1.27 bits per heavy atom. The van der Waals surface area contributed by atoms with Gasteiger partial charge in [0.15, 0.2) is 0 Å². The van der Waals surface area contributed by atoms with Crippen LogP contribution in [-0.4, -0.2) is 42.5 Å². The van der Waals surface area contributed by atoms with Gasteiger partial charge in [-0.15, -0.1) is 0 Å². The first-order valence-corrected chi connectivity index (χ1v) is 7.95. The Bertz CT molecular complexity index is 739. The van der Waals surface area contributed by atoms with E-state index in [2.05, 4.69) is 34.4 Å². The summed E-state index contributed by atoms with van der Waals surface area (Å²) < 4.78 is 0. The molecule has 0 bridgehead atoms. The monoisotopic (exact) mass is 315 g/mol. The van der Waals surface area contributed by atoms with Crippen LogP contribution in [0.2, 0.25) is 5.02 Å². The molecule has 1 aromatic carbocycles. The number of amides is 1. The highest BCUT2D eigenvalue weighted by atomic mass is 35.5. The van der Waals surface area contributed by atoms with E-state index >= 15 is 0 Å². The first kappa shape index (κ1) is 13.9. The Kier molecular flexibility index (Phi) is 3.24. The van der Waals surface area contributed by atoms with Crippen molar-refractivity contribution in [2.75, 3.05) is 26.7 Å². The lowest BCUT2D eigenvalue weighted by Gasteiger charge is -2.16. The van der Waals surface area contributed by atoms with Crippen molar-refractivity contribution in [2.45, 2.75) is 5.92 Å². The van der Waals surface area contributed by atoms with Crippen molar-refractivity contribution >= 4 is 17.5 Å². The van der Waals surface area contributed by atoms with Gasteiger partial charge in [0.25, 0.3) is 5.91 Å². The third-order valence-electron chi connectivity index (χ3n) is 4.83. The number of nitrogens with zero attached hydrogens (tertiary/aromatic N) is 1. The zero-order chi connectivity index (χ0) is 15.3. The van der Waals surface area contributed by atoms with Crippen LogP contribution in [0, 0.1) is 5.92 Å². The number of carbonyl (C=O) groups is 1. The van der Waals surface area contributed by atoms with Crippen LogP contribution < -0.4 is 5.32 Å². The smallest absolute Gasteiger partial charge is 0.251 e. The highest BCUT2D eigenvalue weighted by Gasteiger charge is 2.36. The highest BCUT2D eigenvalue weighted by molar-refractivity contribution is 6.33. The van der Waals surface area contributed by atoms with Crippen molar-refractivity contribution in [1.29, 1.82) is 0 Å². The molecule has 2 N–H and O–H groups in total. The van der Waals surface area contributed by atoms with Gasteiger partial charge in [-0.2, -0.15) is 0 Å². The average molecular weight is 316 g/mol. The van der Waals surface area contributed by atoms with Gasteiger partial charge in [0.1, 0.15) is 0 Å². The van der Waals surface area contributed by atoms with E-state index in [1.807, 2.05) is 18.3 Å². The summed E-state index contributed by atoms with van der Waals surface area (Å²) in [5, 5.41) is 3.74. The predicted molar refractivity (Wildman–Crippen MR) is 87.3 cm³/mol. The van der Waals surface area contributed by atoms with Gasteiger partial charge in [0.2, 0.25) is 0 Å². The molecule has 3 heterocycles. The maximum Gasteiger partial charge on any atom is 0.251 e. The minimum Gasteiger partial charge on any atom is -0.360 e. The largest absolute Gasteiger partial charge is 0.360 e. The van der Waals surface area contributed by atoms with E-state index < -0.39 is 0 Å². The van der Waals surface area contributed by atoms with Gasteiger partial charge in [0.05, 0.1) is 10.7 Å². The molecule has 114 valence electrons. The summed E-state index contributed by atoms with van der Waals surface area (Å²) in [5.41, 5.74) is 3.76. The minimum atomic E-state index is 0.0246. The van der Waals surface area contributed by atoms with E-state index in [-0.39, 0.29) is 5.91 Å². The lowest BCUT2D eigenvalue weighted by Crippen LogP contribution is -2.29. The zero-order valence-electron chi connectivity index (χ0n) is 12.4. The van der Waals surface area contributed by atoms with E-state index in [9.17, 15) is 4.79 Å². The van der Waals surface area contributed by atoms with Crippen molar-refractivity contribution in [3.63, 3.8) is 0 Å². The van der Waals surface area contributed by atoms with E-state index in [0.29, 0.717) is 16.9 Å². The summed E-state index contributed by atoms with van der Waals surface area (Å²) in [6.07, 6.45) is 1.81. The van der Waals surface area contributed by atoms with E-state index in [1.165, 1.54) is 0 Å². The fourth-order valence-electron chi connectivity index (χ4n) is 3.77. The Morgan fingerprint density at radius 2 is 2.14 bits per heavy atom. The molecule has 2 unspecified atom stereocenters. The molecule has 22 heavy (non-hydrogen) atoms. The number of H-pyrrole nitrogens is 1. The van der Waals surface area contributed by atoms with Gasteiger partial charge in [0, 0.05) is 42.9 Å². The maximum absolute atomic E-state index is 12.5. The quantitative estimate of drug-likeness (QED) is 0.850. The number of rotatable bonds is 1. The molecule has 5 heteroatoms. The summed E-state index contributed by atoms with van der Waals surface area (Å²) in [7, 11) is 2.14. The molecule has 1 saturated heterocycles. The van der Waals surface area contributed by atoms with E-state index in [4.69, 9.17) is 11.6 Å². The van der Waals surface area contributed by atoms with Crippen LogP contribution in [-0.2, 0) is 0 Å². The third kappa shape index (κ3) is 2.14. The van der Waals surface area contributed by atoms with Gasteiger partial charge in [-0.05, 0) is 30.7 Å². The normalized spacial score (nSPS) is 24.5. The Balaban J connectivity index is 1.82. The second-order valence-corrected chi connectivity index (χ2v) is 6.71. The molecule has 4 nitrogen and oxygen atoms in total. The van der Waals surface area contributed by atoms with Gasteiger partial charge in [-0.1, -0.05) is 23.7 Å². The fourth-order valence-corrected chi connectivity index (χ4v) is 4.00. The van der Waals surface area contributed by atoms with E-state index in [0.717, 1.165) is 42.0 Å². The summed E-state index contributed by atoms with van der Waals surface area (Å²) >= 11 is 6.20. The van der Waals surface area contributed by atoms with Crippen molar-refractivity contribution < 1.29 is 4.79 Å². The summed E-state index contributed by atoms with van der Waals surface area (Å²) in [4.78, 5) is 17.9. The number of aromatic amines is 1. The number of likely N-dealkylation sites (tertiary alicyclic amines) is 1. The molecule has 0 spiro atoms. The molecule has 0 radical (unpaired) electrons. The number of aromatic nitrogens is 1. The average Bonchev–Trinajstić information content (AvgIpc) is 3.07. The van der Waals surface area contributed by atoms with Crippen LogP contribution in [0.1, 0.15) is 21.8 Å². The van der Waals surface area contributed by atoms with Crippen LogP contribution in [0.4, 0.5) is 0 Å². The van der Waals surface area contributed by atoms with Gasteiger partial charge < -0.3 is 15.2 Å². The Hall–Kier alpha value is -1.78. The van der Waals surface area contributed by atoms with Gasteiger partial charge in [-0.25, -0.2) is 0 Å². The van der Waals surface area contributed by atoms with Crippen LogP contribution >= 0.6 is 11.6 Å². The molecule has 0 saturated carbocycles. The predicted octanol–water partition coefficient (Wildman–Crippen LogP) is 2.72. The first-order chi connectivity index (χ1) is 10.6. The SMILES string of the molecule is CN1CC2CNC(=O)c3cc(-c4[nH]ccc4Cl)ccc3C2C1. The number of carbonyl (C=O) groups excluding carboxylic acids is 1. The standard InChI is InChI=1S/C17H18ClN3O/c1-21-8-11-7-20-17(22)13-6-10(16-15(18)4-5-19-16)2-3-12(13)14(11)9-21/h2-6,11,14,19H,7-9H2,1H3,(H,20,22). The Morgan fingerprint density at radius 3 is 2.91 bits per heavy atom. The molecular formula is C17H18ClN3O. The first-order valence-electron chi connectivity index (χ1n) is 7.57. The lowest BCUT2D eigenvalue weighted by molar-refractivity contribution is 0.0951. The third-order valence-corrected chi connectivity index (χ3v) is 5.15. The molecular weight excluding hydrogens is 298 g/mol.